The summed E-state index contributed by atoms with van der Waals surface area (Å²) in [6.07, 6.45) is 1.90. The van der Waals surface area contributed by atoms with Gasteiger partial charge in [-0.2, -0.15) is 5.10 Å². The van der Waals surface area contributed by atoms with Crippen molar-refractivity contribution in [3.8, 4) is 0 Å². The van der Waals surface area contributed by atoms with E-state index < -0.39 is 0 Å². The van der Waals surface area contributed by atoms with Crippen LogP contribution in [-0.2, 0) is 6.54 Å². The van der Waals surface area contributed by atoms with E-state index >= 15 is 0 Å². The Morgan fingerprint density at radius 3 is 3.05 bits per heavy atom. The van der Waals surface area contributed by atoms with E-state index in [1.165, 1.54) is 16.2 Å². The molecule has 2 aromatic rings. The Balaban J connectivity index is 1.97. The van der Waals surface area contributed by atoms with E-state index in [2.05, 4.69) is 52.4 Å². The molecule has 1 aromatic carbocycles. The van der Waals surface area contributed by atoms with Crippen molar-refractivity contribution < 1.29 is 0 Å². The minimum Gasteiger partial charge on any atom is -0.311 e. The smallest absolute Gasteiger partial charge is 0.0567 e. The van der Waals surface area contributed by atoms with Crippen molar-refractivity contribution in [3.63, 3.8) is 0 Å². The topological polar surface area (TPSA) is 29.9 Å². The summed E-state index contributed by atoms with van der Waals surface area (Å²) in [6.45, 7) is 3.06. The number of aryl methyl sites for hydroxylation is 1. The molecule has 0 bridgehead atoms. The summed E-state index contributed by atoms with van der Waals surface area (Å²) in [4.78, 5) is 1.43. The molecule has 1 aliphatic rings. The third-order valence-corrected chi connectivity index (χ3v) is 5.03. The maximum atomic E-state index is 4.40. The highest BCUT2D eigenvalue weighted by Crippen LogP contribution is 2.45. The number of benzene rings is 1. The quantitative estimate of drug-likeness (QED) is 0.928. The standard InChI is InChI=1S/C15H19N3S/c1-3-18-13(8-9-17-18)15(16-2)12-10-19-14-7-5-4-6-11(12)14/h4-9,12,15-16H,3,10H2,1-2H3. The van der Waals surface area contributed by atoms with Gasteiger partial charge in [-0.15, -0.1) is 11.8 Å². The number of fused-ring (bicyclic) bond motifs is 1. The molecule has 0 amide bonds. The predicted octanol–water partition coefficient (Wildman–Crippen LogP) is 3.05. The predicted molar refractivity (Wildman–Crippen MR) is 79.6 cm³/mol. The SMILES string of the molecule is CCn1nccc1C(NC)C1CSc2ccccc21. The first kappa shape index (κ1) is 12.8. The molecule has 0 fully saturated rings. The van der Waals surface area contributed by atoms with Gasteiger partial charge in [0.1, 0.15) is 0 Å². The number of nitrogens with zero attached hydrogens (tertiary/aromatic N) is 2. The molecule has 1 aliphatic heterocycles. The van der Waals surface area contributed by atoms with Gasteiger partial charge >= 0.3 is 0 Å². The second kappa shape index (κ2) is 5.39. The van der Waals surface area contributed by atoms with Crippen molar-refractivity contribution in [1.82, 2.24) is 15.1 Å². The Kier molecular flexibility index (Phi) is 3.62. The molecule has 1 aromatic heterocycles. The highest BCUT2D eigenvalue weighted by molar-refractivity contribution is 7.99. The Morgan fingerprint density at radius 1 is 1.42 bits per heavy atom. The van der Waals surface area contributed by atoms with Crippen molar-refractivity contribution in [2.24, 2.45) is 0 Å². The number of rotatable bonds is 4. The molecule has 2 unspecified atom stereocenters. The Bertz CT molecular complexity index is 564. The van der Waals surface area contributed by atoms with Crippen molar-refractivity contribution in [2.75, 3.05) is 12.8 Å². The van der Waals surface area contributed by atoms with E-state index in [0.29, 0.717) is 12.0 Å². The number of hydrogen-bond donors (Lipinski definition) is 1. The van der Waals surface area contributed by atoms with Gasteiger partial charge in [0, 0.05) is 29.3 Å². The van der Waals surface area contributed by atoms with Crippen LogP contribution in [-0.4, -0.2) is 22.6 Å². The summed E-state index contributed by atoms with van der Waals surface area (Å²) in [6, 6.07) is 11.2. The van der Waals surface area contributed by atoms with Gasteiger partial charge in [-0.25, -0.2) is 0 Å². The van der Waals surface area contributed by atoms with E-state index in [1.54, 1.807) is 0 Å². The average molecular weight is 273 g/mol. The summed E-state index contributed by atoms with van der Waals surface area (Å²) in [7, 11) is 2.04. The lowest BCUT2D eigenvalue weighted by Crippen LogP contribution is -2.26. The largest absolute Gasteiger partial charge is 0.311 e. The second-order valence-electron chi connectivity index (χ2n) is 4.79. The number of aromatic nitrogens is 2. The molecule has 3 rings (SSSR count). The fraction of sp³-hybridized carbons (Fsp3) is 0.400. The lowest BCUT2D eigenvalue weighted by molar-refractivity contribution is 0.464. The maximum absolute atomic E-state index is 4.40. The minimum absolute atomic E-state index is 0.332. The highest BCUT2D eigenvalue weighted by atomic mass is 32.2. The molecule has 2 heterocycles. The Hall–Kier alpha value is -1.26. The van der Waals surface area contributed by atoms with Gasteiger partial charge in [0.05, 0.1) is 11.7 Å². The molecular formula is C15H19N3S. The summed E-state index contributed by atoms with van der Waals surface area (Å²) < 4.78 is 2.09. The number of thioether (sulfide) groups is 1. The first-order valence-electron chi connectivity index (χ1n) is 6.75. The van der Waals surface area contributed by atoms with Crippen molar-refractivity contribution >= 4 is 11.8 Å². The van der Waals surface area contributed by atoms with Gasteiger partial charge in [0.2, 0.25) is 0 Å². The van der Waals surface area contributed by atoms with E-state index in [-0.39, 0.29) is 0 Å². The molecule has 0 radical (unpaired) electrons. The van der Waals surface area contributed by atoms with Crippen LogP contribution in [0.5, 0.6) is 0 Å². The average Bonchev–Trinajstić information content (AvgIpc) is 3.07. The Morgan fingerprint density at radius 2 is 2.26 bits per heavy atom. The van der Waals surface area contributed by atoms with Gasteiger partial charge in [-0.3, -0.25) is 4.68 Å². The highest BCUT2D eigenvalue weighted by Gasteiger charge is 2.31. The zero-order chi connectivity index (χ0) is 13.2. The molecule has 100 valence electrons. The molecule has 19 heavy (non-hydrogen) atoms. The second-order valence-corrected chi connectivity index (χ2v) is 5.86. The van der Waals surface area contributed by atoms with Gasteiger partial charge in [-0.1, -0.05) is 18.2 Å². The van der Waals surface area contributed by atoms with Crippen LogP contribution in [0, 0.1) is 0 Å². The summed E-state index contributed by atoms with van der Waals surface area (Å²) in [5.41, 5.74) is 2.75. The zero-order valence-corrected chi connectivity index (χ0v) is 12.2. The van der Waals surface area contributed by atoms with Gasteiger partial charge < -0.3 is 5.32 Å². The molecule has 0 saturated heterocycles. The minimum atomic E-state index is 0.332. The third kappa shape index (κ3) is 2.19. The fourth-order valence-corrected chi connectivity index (χ4v) is 4.18. The summed E-state index contributed by atoms with van der Waals surface area (Å²) in [5.74, 6) is 1.66. The van der Waals surface area contributed by atoms with E-state index in [4.69, 9.17) is 0 Å². The fourth-order valence-electron chi connectivity index (χ4n) is 2.89. The lowest BCUT2D eigenvalue weighted by Gasteiger charge is -2.24. The van der Waals surface area contributed by atoms with Crippen LogP contribution in [0.25, 0.3) is 0 Å². The molecule has 0 aliphatic carbocycles. The third-order valence-electron chi connectivity index (χ3n) is 3.82. The van der Waals surface area contributed by atoms with Crippen LogP contribution in [0.4, 0.5) is 0 Å². The number of likely N-dealkylation sites (N-methyl/N-ethyl adjacent to an activating group) is 1. The van der Waals surface area contributed by atoms with Crippen LogP contribution < -0.4 is 5.32 Å². The van der Waals surface area contributed by atoms with E-state index in [1.807, 2.05) is 25.0 Å². The lowest BCUT2D eigenvalue weighted by atomic mass is 9.91. The molecule has 1 N–H and O–H groups in total. The zero-order valence-electron chi connectivity index (χ0n) is 11.3. The number of nitrogens with one attached hydrogen (secondary N) is 1. The van der Waals surface area contributed by atoms with Crippen molar-refractivity contribution in [1.29, 1.82) is 0 Å². The van der Waals surface area contributed by atoms with Crippen LogP contribution in [0.2, 0.25) is 0 Å². The molecule has 4 heteroatoms. The summed E-state index contributed by atoms with van der Waals surface area (Å²) >= 11 is 1.96. The monoisotopic (exact) mass is 273 g/mol. The molecule has 0 spiro atoms. The summed E-state index contributed by atoms with van der Waals surface area (Å²) in [5, 5.41) is 7.89. The van der Waals surface area contributed by atoms with Crippen LogP contribution in [0.1, 0.15) is 30.1 Å². The van der Waals surface area contributed by atoms with Gasteiger partial charge in [0.15, 0.2) is 0 Å². The Labute approximate surface area is 118 Å². The van der Waals surface area contributed by atoms with E-state index in [9.17, 15) is 0 Å². The number of hydrogen-bond acceptors (Lipinski definition) is 3. The van der Waals surface area contributed by atoms with Crippen LogP contribution in [0.3, 0.4) is 0 Å². The first-order chi connectivity index (χ1) is 9.35. The molecular weight excluding hydrogens is 254 g/mol. The van der Waals surface area contributed by atoms with Gasteiger partial charge in [-0.05, 0) is 31.7 Å². The first-order valence-corrected chi connectivity index (χ1v) is 7.74. The van der Waals surface area contributed by atoms with Crippen molar-refractivity contribution in [3.05, 3.63) is 47.8 Å². The van der Waals surface area contributed by atoms with Crippen molar-refractivity contribution in [2.45, 2.75) is 30.3 Å². The van der Waals surface area contributed by atoms with E-state index in [0.717, 1.165) is 12.3 Å². The molecule has 3 nitrogen and oxygen atoms in total. The van der Waals surface area contributed by atoms with Gasteiger partial charge in [0.25, 0.3) is 0 Å². The normalized spacial score (nSPS) is 19.4. The molecule has 0 saturated carbocycles. The van der Waals surface area contributed by atoms with Crippen LogP contribution in [0.15, 0.2) is 41.4 Å². The maximum Gasteiger partial charge on any atom is 0.0567 e. The van der Waals surface area contributed by atoms with Crippen LogP contribution >= 0.6 is 11.8 Å². The molecule has 2 atom stereocenters.